The van der Waals surface area contributed by atoms with E-state index in [2.05, 4.69) is 86.3 Å². The molecule has 0 amide bonds. The Morgan fingerprint density at radius 1 is 0.652 bits per heavy atom. The van der Waals surface area contributed by atoms with Crippen molar-refractivity contribution in [3.05, 3.63) is 112 Å². The van der Waals surface area contributed by atoms with Crippen molar-refractivity contribution in [1.29, 1.82) is 0 Å². The number of rotatable bonds is 3. The second kappa shape index (κ2) is 6.96. The van der Waals surface area contributed by atoms with Gasteiger partial charge in [0.25, 0.3) is 0 Å². The number of benzene rings is 3. The van der Waals surface area contributed by atoms with Crippen LogP contribution in [0, 0.1) is 13.8 Å². The predicted octanol–water partition coefficient (Wildman–Crippen LogP) is 6.05. The van der Waals surface area contributed by atoms with E-state index in [1.54, 1.807) is 0 Å². The van der Waals surface area contributed by atoms with Gasteiger partial charge in [-0.3, -0.25) is 0 Å². The minimum Gasteiger partial charge on any atom is -0.111 e. The van der Waals surface area contributed by atoms with Crippen LogP contribution in [0.25, 0.3) is 11.6 Å². The van der Waals surface area contributed by atoms with Crippen LogP contribution in [0.1, 0.15) is 27.8 Å². The smallest absolute Gasteiger partial charge is 0.0309 e. The van der Waals surface area contributed by atoms with Crippen LogP contribution >= 0.6 is 0 Å². The first-order valence-electron chi connectivity index (χ1n) is 7.88. The summed E-state index contributed by atoms with van der Waals surface area (Å²) in [6, 6.07) is 27.5. The lowest BCUT2D eigenvalue weighted by Gasteiger charge is -2.07. The lowest BCUT2D eigenvalue weighted by atomic mass is 9.97. The van der Waals surface area contributed by atoms with Gasteiger partial charge >= 0.3 is 0 Å². The van der Waals surface area contributed by atoms with Gasteiger partial charge in [0.1, 0.15) is 0 Å². The van der Waals surface area contributed by atoms with Gasteiger partial charge in [0, 0.05) is 5.57 Å². The molecule has 0 aliphatic heterocycles. The Hall–Kier alpha value is -2.82. The Bertz CT molecular complexity index is 781. The Balaban J connectivity index is 2.11. The molecule has 0 saturated carbocycles. The Morgan fingerprint density at radius 2 is 1.13 bits per heavy atom. The summed E-state index contributed by atoms with van der Waals surface area (Å²) in [5.74, 6) is 0. The fourth-order valence-corrected chi connectivity index (χ4v) is 2.48. The summed E-state index contributed by atoms with van der Waals surface area (Å²) in [6.45, 7) is 4.22. The zero-order valence-electron chi connectivity index (χ0n) is 13.6. The summed E-state index contributed by atoms with van der Waals surface area (Å²) in [5.41, 5.74) is 10.7. The molecular weight excluding hydrogens is 276 g/mol. The molecule has 0 saturated heterocycles. The van der Waals surface area contributed by atoms with Crippen LogP contribution in [-0.2, 0) is 0 Å². The summed E-state index contributed by atoms with van der Waals surface area (Å²) in [6.07, 6.45) is 2.05. The molecule has 0 heteroatoms. The average Bonchev–Trinajstić information content (AvgIpc) is 2.59. The van der Waals surface area contributed by atoms with Crippen LogP contribution in [0.5, 0.6) is 0 Å². The van der Waals surface area contributed by atoms with Gasteiger partial charge in [-0.15, -0.1) is 5.73 Å². The van der Waals surface area contributed by atoms with E-state index in [-0.39, 0.29) is 0 Å². The maximum Gasteiger partial charge on any atom is 0.0309 e. The quantitative estimate of drug-likeness (QED) is 0.516. The van der Waals surface area contributed by atoms with E-state index in [1.165, 1.54) is 22.3 Å². The Kier molecular flexibility index (Phi) is 4.57. The van der Waals surface area contributed by atoms with E-state index in [1.807, 2.05) is 18.2 Å². The van der Waals surface area contributed by atoms with E-state index in [9.17, 15) is 0 Å². The van der Waals surface area contributed by atoms with Crippen molar-refractivity contribution in [1.82, 2.24) is 0 Å². The summed E-state index contributed by atoms with van der Waals surface area (Å²) >= 11 is 0. The largest absolute Gasteiger partial charge is 0.111 e. The van der Waals surface area contributed by atoms with Gasteiger partial charge in [-0.2, -0.15) is 0 Å². The van der Waals surface area contributed by atoms with Crippen molar-refractivity contribution in [3.63, 3.8) is 0 Å². The molecule has 0 aliphatic rings. The van der Waals surface area contributed by atoms with Gasteiger partial charge in [-0.25, -0.2) is 0 Å². The first kappa shape index (κ1) is 15.1. The molecule has 23 heavy (non-hydrogen) atoms. The third-order valence-corrected chi connectivity index (χ3v) is 3.86. The van der Waals surface area contributed by atoms with E-state index < -0.39 is 0 Å². The maximum absolute atomic E-state index is 3.50. The molecule has 0 radical (unpaired) electrons. The highest BCUT2D eigenvalue weighted by Gasteiger charge is 2.04. The molecule has 0 unspecified atom stereocenters. The van der Waals surface area contributed by atoms with Crippen LogP contribution in [0.3, 0.4) is 0 Å². The molecule has 112 valence electrons. The number of hydrogen-bond acceptors (Lipinski definition) is 0. The van der Waals surface area contributed by atoms with Gasteiger partial charge < -0.3 is 0 Å². The molecule has 0 bridgehead atoms. The number of aryl methyl sites for hydroxylation is 2. The molecule has 0 atom stereocenters. The minimum atomic E-state index is 1.12. The first-order chi connectivity index (χ1) is 11.2. The maximum atomic E-state index is 3.50. The van der Waals surface area contributed by atoms with Crippen molar-refractivity contribution in [2.45, 2.75) is 13.8 Å². The molecule has 0 heterocycles. The fourth-order valence-electron chi connectivity index (χ4n) is 2.48. The zero-order valence-corrected chi connectivity index (χ0v) is 13.6. The first-order valence-corrected chi connectivity index (χ1v) is 7.88. The lowest BCUT2D eigenvalue weighted by Crippen LogP contribution is -1.87. The molecule has 0 aromatic heterocycles. The molecule has 3 rings (SSSR count). The molecule has 0 nitrogen and oxygen atoms in total. The van der Waals surface area contributed by atoms with Crippen LogP contribution in [0.4, 0.5) is 0 Å². The highest BCUT2D eigenvalue weighted by molar-refractivity contribution is 5.81. The number of hydrogen-bond donors (Lipinski definition) is 0. The van der Waals surface area contributed by atoms with Crippen molar-refractivity contribution < 1.29 is 0 Å². The second-order valence-corrected chi connectivity index (χ2v) is 5.81. The molecule has 0 spiro atoms. The summed E-state index contributed by atoms with van der Waals surface area (Å²) in [4.78, 5) is 0. The standard InChI is InChI=1S/C23H20/c1-18-8-13-21(14-9-18)23(22-15-10-19(2)11-16-22)17-12-20-6-4-3-5-7-20/h3-16H,1-2H3. The molecule has 3 aromatic carbocycles. The van der Waals surface area contributed by atoms with Crippen LogP contribution in [0.15, 0.2) is 84.6 Å². The molecule has 0 aliphatic carbocycles. The van der Waals surface area contributed by atoms with Crippen LogP contribution < -0.4 is 0 Å². The summed E-state index contributed by atoms with van der Waals surface area (Å²) in [5, 5.41) is 0. The van der Waals surface area contributed by atoms with E-state index in [0.29, 0.717) is 0 Å². The molecular formula is C23H20. The minimum absolute atomic E-state index is 1.12. The summed E-state index contributed by atoms with van der Waals surface area (Å²) in [7, 11) is 0. The lowest BCUT2D eigenvalue weighted by molar-refractivity contribution is 1.43. The highest BCUT2D eigenvalue weighted by Crippen LogP contribution is 2.23. The Morgan fingerprint density at radius 3 is 1.61 bits per heavy atom. The monoisotopic (exact) mass is 296 g/mol. The highest BCUT2D eigenvalue weighted by atomic mass is 14.1. The average molecular weight is 296 g/mol. The van der Waals surface area contributed by atoms with E-state index >= 15 is 0 Å². The second-order valence-electron chi connectivity index (χ2n) is 5.81. The Labute approximate surface area is 138 Å². The van der Waals surface area contributed by atoms with Crippen molar-refractivity contribution in [3.8, 4) is 0 Å². The summed E-state index contributed by atoms with van der Waals surface area (Å²) < 4.78 is 0. The van der Waals surface area contributed by atoms with Gasteiger partial charge in [-0.1, -0.05) is 90.0 Å². The van der Waals surface area contributed by atoms with Gasteiger partial charge in [0.15, 0.2) is 0 Å². The molecule has 0 N–H and O–H groups in total. The third kappa shape index (κ3) is 3.88. The van der Waals surface area contributed by atoms with E-state index in [0.717, 1.165) is 11.1 Å². The zero-order chi connectivity index (χ0) is 16.1. The molecule has 0 fully saturated rings. The van der Waals surface area contributed by atoms with Crippen molar-refractivity contribution >= 4 is 11.6 Å². The van der Waals surface area contributed by atoms with Crippen LogP contribution in [-0.4, -0.2) is 0 Å². The van der Waals surface area contributed by atoms with E-state index in [4.69, 9.17) is 0 Å². The van der Waals surface area contributed by atoms with Gasteiger partial charge in [0.2, 0.25) is 0 Å². The van der Waals surface area contributed by atoms with Crippen LogP contribution in [0.2, 0.25) is 0 Å². The predicted molar refractivity (Wildman–Crippen MR) is 99.3 cm³/mol. The third-order valence-electron chi connectivity index (χ3n) is 3.86. The fraction of sp³-hybridized carbons (Fsp3) is 0.0870. The van der Waals surface area contributed by atoms with Gasteiger partial charge in [0.05, 0.1) is 0 Å². The SMILES string of the molecule is Cc1ccc(C(=C=Cc2ccccc2)c2ccc(C)cc2)cc1. The topological polar surface area (TPSA) is 0 Å². The van der Waals surface area contributed by atoms with Gasteiger partial charge in [-0.05, 0) is 36.6 Å². The van der Waals surface area contributed by atoms with Crippen molar-refractivity contribution in [2.75, 3.05) is 0 Å². The normalized spacial score (nSPS) is 10.0. The van der Waals surface area contributed by atoms with Crippen molar-refractivity contribution in [2.24, 2.45) is 0 Å². The molecule has 3 aromatic rings.